The quantitative estimate of drug-likeness (QED) is 0.850. The molecule has 4 nitrogen and oxygen atoms in total. The zero-order chi connectivity index (χ0) is 11.5. The molecule has 0 unspecified atom stereocenters. The molecule has 86 valence electrons. The highest BCUT2D eigenvalue weighted by molar-refractivity contribution is 5.56. The van der Waals surface area contributed by atoms with Crippen molar-refractivity contribution in [3.05, 3.63) is 42.6 Å². The highest BCUT2D eigenvalue weighted by Gasteiger charge is 2.18. The first kappa shape index (κ1) is 10.4. The summed E-state index contributed by atoms with van der Waals surface area (Å²) in [4.78, 5) is 13.0. The molecule has 0 saturated carbocycles. The van der Waals surface area contributed by atoms with Crippen LogP contribution in [0.15, 0.2) is 36.9 Å². The van der Waals surface area contributed by atoms with E-state index in [1.165, 1.54) is 6.42 Å². The van der Waals surface area contributed by atoms with E-state index < -0.39 is 0 Å². The van der Waals surface area contributed by atoms with Crippen molar-refractivity contribution in [2.75, 3.05) is 6.54 Å². The SMILES string of the molecule is c1cncc(-c2cncc([C@@H]3CCCN3)n2)c1. The van der Waals surface area contributed by atoms with Crippen LogP contribution in [-0.4, -0.2) is 21.5 Å². The van der Waals surface area contributed by atoms with Gasteiger partial charge < -0.3 is 5.32 Å². The van der Waals surface area contributed by atoms with Gasteiger partial charge in [-0.1, -0.05) is 0 Å². The number of hydrogen-bond donors (Lipinski definition) is 1. The first-order valence-corrected chi connectivity index (χ1v) is 5.89. The molecule has 0 amide bonds. The smallest absolute Gasteiger partial charge is 0.0904 e. The summed E-state index contributed by atoms with van der Waals surface area (Å²) in [6.07, 6.45) is 9.57. The molecule has 2 aromatic rings. The fourth-order valence-corrected chi connectivity index (χ4v) is 2.14. The van der Waals surface area contributed by atoms with Gasteiger partial charge in [0.1, 0.15) is 0 Å². The average molecular weight is 226 g/mol. The molecule has 3 heterocycles. The van der Waals surface area contributed by atoms with Crippen LogP contribution in [0.25, 0.3) is 11.3 Å². The third-order valence-electron chi connectivity index (χ3n) is 3.03. The van der Waals surface area contributed by atoms with Gasteiger partial charge in [0.05, 0.1) is 29.8 Å². The van der Waals surface area contributed by atoms with Crippen molar-refractivity contribution in [2.45, 2.75) is 18.9 Å². The highest BCUT2D eigenvalue weighted by Crippen LogP contribution is 2.23. The lowest BCUT2D eigenvalue weighted by Crippen LogP contribution is -2.14. The van der Waals surface area contributed by atoms with E-state index in [0.29, 0.717) is 6.04 Å². The second-order valence-electron chi connectivity index (χ2n) is 4.22. The largest absolute Gasteiger partial charge is 0.309 e. The second-order valence-corrected chi connectivity index (χ2v) is 4.22. The Morgan fingerprint density at radius 1 is 1.18 bits per heavy atom. The Morgan fingerprint density at radius 2 is 2.18 bits per heavy atom. The summed E-state index contributed by atoms with van der Waals surface area (Å²) in [6, 6.07) is 4.28. The summed E-state index contributed by atoms with van der Waals surface area (Å²) in [6.45, 7) is 1.07. The van der Waals surface area contributed by atoms with E-state index in [1.807, 2.05) is 24.5 Å². The maximum Gasteiger partial charge on any atom is 0.0904 e. The van der Waals surface area contributed by atoms with Crippen molar-refractivity contribution in [1.29, 1.82) is 0 Å². The summed E-state index contributed by atoms with van der Waals surface area (Å²) in [5.74, 6) is 0. The van der Waals surface area contributed by atoms with Crippen LogP contribution in [0.1, 0.15) is 24.6 Å². The van der Waals surface area contributed by atoms with Gasteiger partial charge in [-0.25, -0.2) is 4.98 Å². The van der Waals surface area contributed by atoms with E-state index in [-0.39, 0.29) is 0 Å². The molecule has 1 aliphatic heterocycles. The Morgan fingerprint density at radius 3 is 2.94 bits per heavy atom. The topological polar surface area (TPSA) is 50.7 Å². The van der Waals surface area contributed by atoms with Crippen molar-refractivity contribution < 1.29 is 0 Å². The van der Waals surface area contributed by atoms with E-state index in [9.17, 15) is 0 Å². The molecule has 0 radical (unpaired) electrons. The molecule has 4 heteroatoms. The van der Waals surface area contributed by atoms with Crippen LogP contribution in [0.3, 0.4) is 0 Å². The van der Waals surface area contributed by atoms with Gasteiger partial charge in [0, 0.05) is 18.0 Å². The van der Waals surface area contributed by atoms with E-state index in [1.54, 1.807) is 12.4 Å². The van der Waals surface area contributed by atoms with Gasteiger partial charge in [0.2, 0.25) is 0 Å². The van der Waals surface area contributed by atoms with Crippen molar-refractivity contribution in [3.8, 4) is 11.3 Å². The van der Waals surface area contributed by atoms with Gasteiger partial charge in [-0.15, -0.1) is 0 Å². The van der Waals surface area contributed by atoms with Crippen LogP contribution in [0.4, 0.5) is 0 Å². The van der Waals surface area contributed by atoms with E-state index in [4.69, 9.17) is 0 Å². The third-order valence-corrected chi connectivity index (χ3v) is 3.03. The summed E-state index contributed by atoms with van der Waals surface area (Å²) in [5, 5.41) is 3.43. The molecular formula is C13H14N4. The van der Waals surface area contributed by atoms with Crippen molar-refractivity contribution in [2.24, 2.45) is 0 Å². The van der Waals surface area contributed by atoms with Gasteiger partial charge in [0.15, 0.2) is 0 Å². The van der Waals surface area contributed by atoms with Crippen LogP contribution in [0.5, 0.6) is 0 Å². The van der Waals surface area contributed by atoms with Gasteiger partial charge >= 0.3 is 0 Å². The summed E-state index contributed by atoms with van der Waals surface area (Å²) in [7, 11) is 0. The lowest BCUT2D eigenvalue weighted by atomic mass is 10.1. The molecule has 17 heavy (non-hydrogen) atoms. The molecular weight excluding hydrogens is 212 g/mol. The summed E-state index contributed by atoms with van der Waals surface area (Å²) < 4.78 is 0. The van der Waals surface area contributed by atoms with Crippen LogP contribution in [-0.2, 0) is 0 Å². The Hall–Kier alpha value is -1.81. The lowest BCUT2D eigenvalue weighted by molar-refractivity contribution is 0.625. The highest BCUT2D eigenvalue weighted by atomic mass is 15.0. The summed E-state index contributed by atoms with van der Waals surface area (Å²) in [5.41, 5.74) is 2.94. The standard InChI is InChI=1S/C13H14N4/c1-3-10(7-14-5-1)12-8-15-9-13(17-12)11-4-2-6-16-11/h1,3,5,7-9,11,16H,2,4,6H2/t11-/m0/s1. The average Bonchev–Trinajstić information content (AvgIpc) is 2.94. The molecule has 0 spiro atoms. The van der Waals surface area contributed by atoms with Crippen LogP contribution in [0, 0.1) is 0 Å². The predicted molar refractivity (Wildman–Crippen MR) is 65.2 cm³/mol. The number of nitrogens with one attached hydrogen (secondary N) is 1. The maximum atomic E-state index is 4.66. The van der Waals surface area contributed by atoms with Crippen LogP contribution >= 0.6 is 0 Å². The van der Waals surface area contributed by atoms with Gasteiger partial charge in [-0.2, -0.15) is 0 Å². The molecule has 0 bridgehead atoms. The molecule has 2 aromatic heterocycles. The molecule has 1 N–H and O–H groups in total. The molecule has 1 aliphatic rings. The minimum atomic E-state index is 0.360. The Kier molecular flexibility index (Phi) is 2.80. The Bertz CT molecular complexity index is 492. The number of hydrogen-bond acceptors (Lipinski definition) is 4. The maximum absolute atomic E-state index is 4.66. The van der Waals surface area contributed by atoms with Crippen molar-refractivity contribution in [1.82, 2.24) is 20.3 Å². The van der Waals surface area contributed by atoms with Gasteiger partial charge in [-0.3, -0.25) is 9.97 Å². The van der Waals surface area contributed by atoms with E-state index in [0.717, 1.165) is 29.9 Å². The molecule has 1 saturated heterocycles. The molecule has 3 rings (SSSR count). The number of aromatic nitrogens is 3. The Balaban J connectivity index is 1.94. The van der Waals surface area contributed by atoms with E-state index in [2.05, 4.69) is 20.3 Å². The first-order valence-electron chi connectivity index (χ1n) is 5.89. The number of nitrogens with zero attached hydrogens (tertiary/aromatic N) is 3. The van der Waals surface area contributed by atoms with Crippen LogP contribution < -0.4 is 5.32 Å². The second kappa shape index (κ2) is 4.59. The summed E-state index contributed by atoms with van der Waals surface area (Å²) >= 11 is 0. The minimum absolute atomic E-state index is 0.360. The molecule has 0 aromatic carbocycles. The molecule has 1 atom stereocenters. The normalized spacial score (nSPS) is 19.4. The third kappa shape index (κ3) is 2.17. The van der Waals surface area contributed by atoms with Crippen LogP contribution in [0.2, 0.25) is 0 Å². The molecule has 0 aliphatic carbocycles. The zero-order valence-electron chi connectivity index (χ0n) is 9.50. The first-order chi connectivity index (χ1) is 8.43. The Labute approximate surface area is 100 Å². The minimum Gasteiger partial charge on any atom is -0.309 e. The lowest BCUT2D eigenvalue weighted by Gasteiger charge is -2.10. The van der Waals surface area contributed by atoms with E-state index >= 15 is 0 Å². The van der Waals surface area contributed by atoms with Gasteiger partial charge in [-0.05, 0) is 31.5 Å². The fraction of sp³-hybridized carbons (Fsp3) is 0.308. The van der Waals surface area contributed by atoms with Crippen molar-refractivity contribution in [3.63, 3.8) is 0 Å². The van der Waals surface area contributed by atoms with Crippen molar-refractivity contribution >= 4 is 0 Å². The molecule has 1 fully saturated rings. The monoisotopic (exact) mass is 226 g/mol. The predicted octanol–water partition coefficient (Wildman–Crippen LogP) is 1.96. The zero-order valence-corrected chi connectivity index (χ0v) is 9.50. The fourth-order valence-electron chi connectivity index (χ4n) is 2.14. The number of rotatable bonds is 2. The number of pyridine rings is 1. The van der Waals surface area contributed by atoms with Gasteiger partial charge in [0.25, 0.3) is 0 Å².